The van der Waals surface area contributed by atoms with Gasteiger partial charge in [-0.15, -0.1) is 10.2 Å². The molecule has 0 bridgehead atoms. The van der Waals surface area contributed by atoms with Crippen molar-refractivity contribution in [3.05, 3.63) is 48.4 Å². The Balaban J connectivity index is 1.47. The second kappa shape index (κ2) is 11.2. The Morgan fingerprint density at radius 2 is 1.85 bits per heavy atom. The lowest BCUT2D eigenvalue weighted by Crippen LogP contribution is -2.40. The van der Waals surface area contributed by atoms with Crippen molar-refractivity contribution >= 4 is 22.6 Å². The Kier molecular flexibility index (Phi) is 7.90. The highest BCUT2D eigenvalue weighted by Crippen LogP contribution is 2.27. The predicted molar refractivity (Wildman–Crippen MR) is 129 cm³/mol. The summed E-state index contributed by atoms with van der Waals surface area (Å²) in [6.07, 6.45) is 4.57. The highest BCUT2D eigenvalue weighted by atomic mass is 16.4. The van der Waals surface area contributed by atoms with Gasteiger partial charge in [-0.1, -0.05) is 43.2 Å². The molecule has 1 saturated heterocycles. The summed E-state index contributed by atoms with van der Waals surface area (Å²) in [6, 6.07) is 13.7. The number of carboxylic acid groups (broad SMARTS) is 1. The van der Waals surface area contributed by atoms with E-state index in [9.17, 15) is 9.59 Å². The molecule has 1 atom stereocenters. The molecule has 1 amide bonds. The van der Waals surface area contributed by atoms with Crippen molar-refractivity contribution in [3.63, 3.8) is 0 Å². The number of amides is 1. The van der Waals surface area contributed by atoms with Crippen LogP contribution in [0.1, 0.15) is 56.9 Å². The molecule has 1 fully saturated rings. The topological polar surface area (TPSA) is 109 Å². The molecule has 4 rings (SSSR count). The Hall–Kier alpha value is -3.26. The van der Waals surface area contributed by atoms with E-state index >= 15 is 0 Å². The van der Waals surface area contributed by atoms with Crippen molar-refractivity contribution < 1.29 is 19.1 Å². The van der Waals surface area contributed by atoms with E-state index in [1.807, 2.05) is 36.4 Å². The summed E-state index contributed by atoms with van der Waals surface area (Å²) in [4.78, 5) is 26.0. The number of carboxylic acids is 1. The van der Waals surface area contributed by atoms with Crippen molar-refractivity contribution in [1.29, 1.82) is 0 Å². The largest absolute Gasteiger partial charge is 0.481 e. The van der Waals surface area contributed by atoms with E-state index in [1.165, 1.54) is 0 Å². The van der Waals surface area contributed by atoms with Crippen LogP contribution in [0.2, 0.25) is 0 Å². The maximum atomic E-state index is 13.0. The number of aliphatic carboxylic acids is 1. The minimum absolute atomic E-state index is 0.0198. The first-order valence-electron chi connectivity index (χ1n) is 12.0. The Labute approximate surface area is 199 Å². The van der Waals surface area contributed by atoms with Gasteiger partial charge in [0.25, 0.3) is 0 Å². The van der Waals surface area contributed by atoms with Gasteiger partial charge in [0.2, 0.25) is 17.7 Å². The van der Waals surface area contributed by atoms with Crippen LogP contribution in [0, 0.1) is 5.92 Å². The lowest BCUT2D eigenvalue weighted by Gasteiger charge is -2.29. The molecule has 1 aromatic heterocycles. The summed E-state index contributed by atoms with van der Waals surface area (Å²) < 4.78 is 6.04. The van der Waals surface area contributed by atoms with Crippen molar-refractivity contribution in [3.8, 4) is 11.5 Å². The summed E-state index contributed by atoms with van der Waals surface area (Å²) in [6.45, 7) is 1.81. The van der Waals surface area contributed by atoms with Crippen LogP contribution in [0.3, 0.4) is 0 Å². The van der Waals surface area contributed by atoms with Gasteiger partial charge in [0, 0.05) is 17.9 Å². The minimum atomic E-state index is -0.788. The minimum Gasteiger partial charge on any atom is -0.481 e. The number of carbonyl (C=O) groups is 2. The molecule has 0 radical (unpaired) electrons. The van der Waals surface area contributed by atoms with Crippen LogP contribution in [0.25, 0.3) is 22.2 Å². The van der Waals surface area contributed by atoms with E-state index in [1.54, 1.807) is 0 Å². The molecule has 34 heavy (non-hydrogen) atoms. The lowest BCUT2D eigenvalue weighted by atomic mass is 9.95. The third-order valence-electron chi connectivity index (χ3n) is 6.52. The van der Waals surface area contributed by atoms with Crippen molar-refractivity contribution in [2.75, 3.05) is 20.1 Å². The number of hydrogen-bond donors (Lipinski definition) is 2. The molecule has 1 aliphatic heterocycles. The molecule has 2 aromatic carbocycles. The molecule has 0 aliphatic carbocycles. The summed E-state index contributed by atoms with van der Waals surface area (Å²) in [7, 11) is 2.07. The fraction of sp³-hybridized carbons (Fsp3) is 0.462. The fourth-order valence-corrected chi connectivity index (χ4v) is 4.43. The number of piperidine rings is 1. The van der Waals surface area contributed by atoms with Crippen LogP contribution < -0.4 is 5.32 Å². The molecule has 2 heterocycles. The van der Waals surface area contributed by atoms with Crippen molar-refractivity contribution in [2.45, 2.75) is 51.0 Å². The number of rotatable bonds is 10. The molecule has 8 nitrogen and oxygen atoms in total. The Morgan fingerprint density at radius 3 is 2.62 bits per heavy atom. The summed E-state index contributed by atoms with van der Waals surface area (Å²) in [5.74, 6) is 0.0274. The molecule has 8 heteroatoms. The van der Waals surface area contributed by atoms with E-state index < -0.39 is 12.0 Å². The maximum Gasteiger partial charge on any atom is 0.303 e. The first-order chi connectivity index (χ1) is 16.5. The van der Waals surface area contributed by atoms with Crippen LogP contribution in [0.5, 0.6) is 0 Å². The van der Waals surface area contributed by atoms with Gasteiger partial charge >= 0.3 is 5.97 Å². The standard InChI is InChI=1S/C26H32N4O4/c1-30-15-13-19(14-16-30)24(33)27-22(9-3-2-4-10-23(31)32)26-29-28-25(34-26)21-12-11-18-7-5-6-8-20(18)17-21/h5-8,11-12,17,19,22H,2-4,9-10,13-16H2,1H3,(H,27,33)(H,31,32)/t22-/m0/s1. The lowest BCUT2D eigenvalue weighted by molar-refractivity contribution is -0.137. The number of nitrogens with one attached hydrogen (secondary N) is 1. The van der Waals surface area contributed by atoms with Gasteiger partial charge in [-0.25, -0.2) is 0 Å². The molecule has 180 valence electrons. The quantitative estimate of drug-likeness (QED) is 0.427. The summed E-state index contributed by atoms with van der Waals surface area (Å²) >= 11 is 0. The molecule has 3 aromatic rings. The van der Waals surface area contributed by atoms with Gasteiger partial charge < -0.3 is 19.7 Å². The Morgan fingerprint density at radius 1 is 1.09 bits per heavy atom. The number of fused-ring (bicyclic) bond motifs is 1. The third-order valence-corrected chi connectivity index (χ3v) is 6.52. The average molecular weight is 465 g/mol. The summed E-state index contributed by atoms with van der Waals surface area (Å²) in [5, 5.41) is 22.8. The molecular weight excluding hydrogens is 432 g/mol. The second-order valence-corrected chi connectivity index (χ2v) is 9.14. The number of likely N-dealkylation sites (tertiary alicyclic amines) is 1. The van der Waals surface area contributed by atoms with Gasteiger partial charge in [-0.2, -0.15) is 0 Å². The van der Waals surface area contributed by atoms with E-state index in [2.05, 4.69) is 33.5 Å². The number of carbonyl (C=O) groups excluding carboxylic acids is 1. The Bertz CT molecular complexity index is 1120. The zero-order chi connectivity index (χ0) is 23.9. The zero-order valence-corrected chi connectivity index (χ0v) is 19.6. The number of hydrogen-bond acceptors (Lipinski definition) is 6. The average Bonchev–Trinajstić information content (AvgIpc) is 3.33. The smallest absolute Gasteiger partial charge is 0.303 e. The SMILES string of the molecule is CN1CCC(C(=O)N[C@@H](CCCCCC(=O)O)c2nnc(-c3ccc4ccccc4c3)o2)CC1. The van der Waals surface area contributed by atoms with Crippen LogP contribution >= 0.6 is 0 Å². The maximum absolute atomic E-state index is 13.0. The molecule has 0 saturated carbocycles. The molecule has 0 spiro atoms. The second-order valence-electron chi connectivity index (χ2n) is 9.14. The van der Waals surface area contributed by atoms with Gasteiger partial charge in [-0.05, 0) is 68.7 Å². The van der Waals surface area contributed by atoms with Gasteiger partial charge in [0.1, 0.15) is 6.04 Å². The van der Waals surface area contributed by atoms with Crippen LogP contribution in [0.4, 0.5) is 0 Å². The third kappa shape index (κ3) is 6.20. The fourth-order valence-electron chi connectivity index (χ4n) is 4.43. The number of nitrogens with zero attached hydrogens (tertiary/aromatic N) is 3. The van der Waals surface area contributed by atoms with E-state index in [4.69, 9.17) is 9.52 Å². The van der Waals surface area contributed by atoms with Crippen molar-refractivity contribution in [1.82, 2.24) is 20.4 Å². The molecule has 2 N–H and O–H groups in total. The van der Waals surface area contributed by atoms with Crippen molar-refractivity contribution in [2.24, 2.45) is 5.92 Å². The van der Waals surface area contributed by atoms with Gasteiger partial charge in [0.15, 0.2) is 0 Å². The van der Waals surface area contributed by atoms with Crippen LogP contribution in [-0.4, -0.2) is 52.2 Å². The number of aromatic nitrogens is 2. The van der Waals surface area contributed by atoms with E-state index in [0.29, 0.717) is 24.6 Å². The monoisotopic (exact) mass is 464 g/mol. The van der Waals surface area contributed by atoms with Crippen LogP contribution in [-0.2, 0) is 9.59 Å². The molecular formula is C26H32N4O4. The summed E-state index contributed by atoms with van der Waals surface area (Å²) in [5.41, 5.74) is 0.833. The van der Waals surface area contributed by atoms with Gasteiger partial charge in [0.05, 0.1) is 0 Å². The zero-order valence-electron chi connectivity index (χ0n) is 19.6. The van der Waals surface area contributed by atoms with E-state index in [0.717, 1.165) is 55.1 Å². The van der Waals surface area contributed by atoms with E-state index in [-0.39, 0.29) is 18.2 Å². The van der Waals surface area contributed by atoms with Crippen LogP contribution in [0.15, 0.2) is 46.9 Å². The van der Waals surface area contributed by atoms with Gasteiger partial charge in [-0.3, -0.25) is 9.59 Å². The highest BCUT2D eigenvalue weighted by molar-refractivity contribution is 5.86. The number of unbranched alkanes of at least 4 members (excludes halogenated alkanes) is 2. The molecule has 1 aliphatic rings. The first kappa shape index (κ1) is 23.9. The first-order valence-corrected chi connectivity index (χ1v) is 12.0. The normalized spacial score (nSPS) is 15.9. The predicted octanol–water partition coefficient (Wildman–Crippen LogP) is 4.42. The number of benzene rings is 2. The highest BCUT2D eigenvalue weighted by Gasteiger charge is 2.28. The molecule has 0 unspecified atom stereocenters.